The van der Waals surface area contributed by atoms with Gasteiger partial charge in [-0.05, 0) is 36.8 Å². The fraction of sp³-hybridized carbons (Fsp3) is 0.278. The molecule has 0 fully saturated rings. The number of hydrogen-bond acceptors (Lipinski definition) is 3. The maximum absolute atomic E-state index is 11.7. The van der Waals surface area contributed by atoms with Crippen LogP contribution < -0.4 is 10.1 Å². The summed E-state index contributed by atoms with van der Waals surface area (Å²) in [7, 11) is 0. The van der Waals surface area contributed by atoms with Gasteiger partial charge >= 0.3 is 0 Å². The Morgan fingerprint density at radius 3 is 2.46 bits per heavy atom. The summed E-state index contributed by atoms with van der Waals surface area (Å²) in [6.45, 7) is 2.59. The highest BCUT2D eigenvalue weighted by Crippen LogP contribution is 2.27. The Bertz CT molecular complexity index is 657. The van der Waals surface area contributed by atoms with E-state index in [1.165, 1.54) is 0 Å². The van der Waals surface area contributed by atoms with E-state index in [0.29, 0.717) is 28.1 Å². The van der Waals surface area contributed by atoms with Gasteiger partial charge < -0.3 is 10.1 Å². The standard InChI is InChI=1S/C18H19Cl2NO2S/c1-13-5-7-14(8-6-13)23-11-18(22)21-9-10-24-12-15-16(19)3-2-4-17(15)20/h2-8H,9-12H2,1H3,(H,21,22). The molecule has 0 saturated heterocycles. The van der Waals surface area contributed by atoms with Gasteiger partial charge in [0.1, 0.15) is 5.75 Å². The van der Waals surface area contributed by atoms with Gasteiger partial charge in [-0.15, -0.1) is 0 Å². The smallest absolute Gasteiger partial charge is 0.257 e. The van der Waals surface area contributed by atoms with E-state index in [9.17, 15) is 4.79 Å². The fourth-order valence-electron chi connectivity index (χ4n) is 1.94. The minimum atomic E-state index is -0.132. The highest BCUT2D eigenvalue weighted by Gasteiger charge is 2.06. The van der Waals surface area contributed by atoms with Crippen LogP contribution >= 0.6 is 35.0 Å². The van der Waals surface area contributed by atoms with Crippen LogP contribution in [-0.2, 0) is 10.5 Å². The van der Waals surface area contributed by atoms with E-state index >= 15 is 0 Å². The van der Waals surface area contributed by atoms with E-state index in [4.69, 9.17) is 27.9 Å². The highest BCUT2D eigenvalue weighted by atomic mass is 35.5. The Kier molecular flexibility index (Phi) is 7.76. The van der Waals surface area contributed by atoms with Gasteiger partial charge in [-0.1, -0.05) is 47.0 Å². The summed E-state index contributed by atoms with van der Waals surface area (Å²) >= 11 is 13.9. The number of hydrogen-bond donors (Lipinski definition) is 1. The SMILES string of the molecule is Cc1ccc(OCC(=O)NCCSCc2c(Cl)cccc2Cl)cc1. The molecule has 2 aromatic carbocycles. The van der Waals surface area contributed by atoms with Gasteiger partial charge in [-0.25, -0.2) is 0 Å². The first-order valence-corrected chi connectivity index (χ1v) is 9.44. The Hall–Kier alpha value is -1.36. The van der Waals surface area contributed by atoms with Crippen molar-refractivity contribution in [2.45, 2.75) is 12.7 Å². The predicted octanol–water partition coefficient (Wildman–Crippen LogP) is 4.73. The lowest BCUT2D eigenvalue weighted by Gasteiger charge is -2.09. The first kappa shape index (κ1) is 19.0. The number of rotatable bonds is 8. The number of benzene rings is 2. The Morgan fingerprint density at radius 1 is 1.12 bits per heavy atom. The van der Waals surface area contributed by atoms with Crippen molar-refractivity contribution in [3.05, 3.63) is 63.6 Å². The molecule has 2 aromatic rings. The topological polar surface area (TPSA) is 38.3 Å². The van der Waals surface area contributed by atoms with Crippen LogP contribution in [0.25, 0.3) is 0 Å². The monoisotopic (exact) mass is 383 g/mol. The maximum Gasteiger partial charge on any atom is 0.257 e. The van der Waals surface area contributed by atoms with E-state index in [1.807, 2.05) is 49.4 Å². The molecule has 1 amide bonds. The second-order valence-electron chi connectivity index (χ2n) is 5.20. The number of aryl methyl sites for hydroxylation is 1. The number of ether oxygens (including phenoxy) is 1. The van der Waals surface area contributed by atoms with Crippen LogP contribution in [0.3, 0.4) is 0 Å². The molecule has 0 atom stereocenters. The van der Waals surface area contributed by atoms with Gasteiger partial charge in [0.2, 0.25) is 0 Å². The van der Waals surface area contributed by atoms with Gasteiger partial charge in [0.05, 0.1) is 0 Å². The van der Waals surface area contributed by atoms with Crippen molar-refractivity contribution in [1.82, 2.24) is 5.32 Å². The molecule has 0 heterocycles. The number of carbonyl (C=O) groups excluding carboxylic acids is 1. The third-order valence-corrected chi connectivity index (χ3v) is 4.96. The number of amides is 1. The number of carbonyl (C=O) groups is 1. The number of thioether (sulfide) groups is 1. The summed E-state index contributed by atoms with van der Waals surface area (Å²) in [6.07, 6.45) is 0. The maximum atomic E-state index is 11.7. The van der Waals surface area contributed by atoms with Crippen molar-refractivity contribution in [3.8, 4) is 5.75 Å². The van der Waals surface area contributed by atoms with Gasteiger partial charge in [-0.2, -0.15) is 11.8 Å². The van der Waals surface area contributed by atoms with E-state index in [1.54, 1.807) is 11.8 Å². The molecule has 3 nitrogen and oxygen atoms in total. The van der Waals surface area contributed by atoms with Crippen LogP contribution in [-0.4, -0.2) is 24.8 Å². The first-order chi connectivity index (χ1) is 11.6. The largest absolute Gasteiger partial charge is 0.484 e. The van der Waals surface area contributed by atoms with Crippen molar-refractivity contribution in [1.29, 1.82) is 0 Å². The van der Waals surface area contributed by atoms with Crippen LogP contribution in [0.4, 0.5) is 0 Å². The number of nitrogens with one attached hydrogen (secondary N) is 1. The van der Waals surface area contributed by atoms with Gasteiger partial charge in [-0.3, -0.25) is 4.79 Å². The molecular formula is C18H19Cl2NO2S. The molecule has 0 saturated carbocycles. The third-order valence-electron chi connectivity index (χ3n) is 3.27. The first-order valence-electron chi connectivity index (χ1n) is 7.53. The molecule has 6 heteroatoms. The lowest BCUT2D eigenvalue weighted by molar-refractivity contribution is -0.122. The van der Waals surface area contributed by atoms with Crippen LogP contribution in [0.15, 0.2) is 42.5 Å². The van der Waals surface area contributed by atoms with Crippen molar-refractivity contribution >= 4 is 40.9 Å². The quantitative estimate of drug-likeness (QED) is 0.669. The minimum Gasteiger partial charge on any atom is -0.484 e. The van der Waals surface area contributed by atoms with Gasteiger partial charge in [0.15, 0.2) is 6.61 Å². The molecule has 1 N–H and O–H groups in total. The molecule has 0 unspecified atom stereocenters. The predicted molar refractivity (Wildman–Crippen MR) is 102 cm³/mol. The van der Waals surface area contributed by atoms with E-state index < -0.39 is 0 Å². The van der Waals surface area contributed by atoms with Gasteiger partial charge in [0, 0.05) is 28.1 Å². The van der Waals surface area contributed by atoms with Crippen LogP contribution in [0.5, 0.6) is 5.75 Å². The zero-order valence-corrected chi connectivity index (χ0v) is 15.7. The lowest BCUT2D eigenvalue weighted by atomic mass is 10.2. The molecule has 0 bridgehead atoms. The number of halogens is 2. The average Bonchev–Trinajstić information content (AvgIpc) is 2.56. The molecule has 0 aliphatic heterocycles. The van der Waals surface area contributed by atoms with Crippen molar-refractivity contribution in [2.75, 3.05) is 18.9 Å². The minimum absolute atomic E-state index is 0.0179. The molecule has 0 radical (unpaired) electrons. The second-order valence-corrected chi connectivity index (χ2v) is 7.12. The molecule has 128 valence electrons. The zero-order valence-electron chi connectivity index (χ0n) is 13.4. The molecule has 0 spiro atoms. The second kappa shape index (κ2) is 9.82. The molecule has 2 rings (SSSR count). The fourth-order valence-corrected chi connectivity index (χ4v) is 3.54. The normalized spacial score (nSPS) is 10.5. The van der Waals surface area contributed by atoms with Crippen LogP contribution in [0.2, 0.25) is 10.0 Å². The van der Waals surface area contributed by atoms with Crippen molar-refractivity contribution < 1.29 is 9.53 Å². The summed E-state index contributed by atoms with van der Waals surface area (Å²) in [5.41, 5.74) is 2.09. The van der Waals surface area contributed by atoms with Crippen LogP contribution in [0.1, 0.15) is 11.1 Å². The Balaban J connectivity index is 1.62. The van der Waals surface area contributed by atoms with Crippen molar-refractivity contribution in [3.63, 3.8) is 0 Å². The third kappa shape index (κ3) is 6.27. The average molecular weight is 384 g/mol. The summed E-state index contributed by atoms with van der Waals surface area (Å²) < 4.78 is 5.43. The molecule has 0 aliphatic rings. The molecule has 24 heavy (non-hydrogen) atoms. The van der Waals surface area contributed by atoms with Gasteiger partial charge in [0.25, 0.3) is 5.91 Å². The summed E-state index contributed by atoms with van der Waals surface area (Å²) in [6, 6.07) is 13.1. The lowest BCUT2D eigenvalue weighted by Crippen LogP contribution is -2.30. The zero-order chi connectivity index (χ0) is 17.4. The summed E-state index contributed by atoms with van der Waals surface area (Å²) in [5.74, 6) is 2.05. The highest BCUT2D eigenvalue weighted by molar-refractivity contribution is 7.98. The summed E-state index contributed by atoms with van der Waals surface area (Å²) in [4.78, 5) is 11.7. The van der Waals surface area contributed by atoms with E-state index in [-0.39, 0.29) is 12.5 Å². The van der Waals surface area contributed by atoms with Crippen LogP contribution in [0, 0.1) is 6.92 Å². The van der Waals surface area contributed by atoms with E-state index in [0.717, 1.165) is 16.9 Å². The Labute approximate surface area is 156 Å². The summed E-state index contributed by atoms with van der Waals surface area (Å²) in [5, 5.41) is 4.17. The van der Waals surface area contributed by atoms with Crippen molar-refractivity contribution in [2.24, 2.45) is 0 Å². The molecule has 0 aromatic heterocycles. The molecular weight excluding hydrogens is 365 g/mol. The molecule has 0 aliphatic carbocycles. The Morgan fingerprint density at radius 2 is 1.79 bits per heavy atom. The van der Waals surface area contributed by atoms with E-state index in [2.05, 4.69) is 5.32 Å².